The highest BCUT2D eigenvalue weighted by Crippen LogP contribution is 2.35. The molecule has 4 nitrogen and oxygen atoms in total. The Bertz CT molecular complexity index is 979. The van der Waals surface area contributed by atoms with Crippen LogP contribution in [0.25, 0.3) is 22.5 Å². The molecule has 1 fully saturated rings. The van der Waals surface area contributed by atoms with Crippen LogP contribution in [0.15, 0.2) is 65.8 Å². The maximum Gasteiger partial charge on any atom is 0.220 e. The second kappa shape index (κ2) is 10.7. The van der Waals surface area contributed by atoms with Crippen LogP contribution in [0.5, 0.6) is 0 Å². The van der Waals surface area contributed by atoms with Gasteiger partial charge in [0.05, 0.1) is 11.4 Å². The van der Waals surface area contributed by atoms with Crippen molar-refractivity contribution in [2.24, 2.45) is 13.0 Å². The zero-order chi connectivity index (χ0) is 21.5. The summed E-state index contributed by atoms with van der Waals surface area (Å²) >= 11 is 1.69. The summed E-state index contributed by atoms with van der Waals surface area (Å²) in [4.78, 5) is 17.1. The van der Waals surface area contributed by atoms with E-state index >= 15 is 0 Å². The molecule has 4 rings (SSSR count). The quantitative estimate of drug-likeness (QED) is 0.336. The molecule has 1 saturated carbocycles. The third-order valence-electron chi connectivity index (χ3n) is 6.06. The minimum Gasteiger partial charge on any atom is -0.355 e. The summed E-state index contributed by atoms with van der Waals surface area (Å²) in [6.07, 6.45) is 6.98. The molecule has 0 unspecified atom stereocenters. The van der Waals surface area contributed by atoms with Gasteiger partial charge in [0.1, 0.15) is 0 Å². The maximum absolute atomic E-state index is 12.2. The Labute approximate surface area is 189 Å². The van der Waals surface area contributed by atoms with Gasteiger partial charge in [0.2, 0.25) is 5.91 Å². The lowest BCUT2D eigenvalue weighted by molar-refractivity contribution is -0.121. The van der Waals surface area contributed by atoms with E-state index in [-0.39, 0.29) is 5.91 Å². The predicted molar refractivity (Wildman–Crippen MR) is 129 cm³/mol. The number of thioether (sulfide) groups is 1. The molecule has 5 heteroatoms. The molecule has 0 radical (unpaired) electrons. The molecule has 1 N–H and O–H groups in total. The monoisotopic (exact) mass is 433 g/mol. The lowest BCUT2D eigenvalue weighted by atomic mass is 10.0. The first kappa shape index (κ1) is 21.7. The first-order chi connectivity index (χ1) is 15.2. The van der Waals surface area contributed by atoms with Gasteiger partial charge in [-0.1, -0.05) is 98.1 Å². The van der Waals surface area contributed by atoms with Crippen LogP contribution in [-0.2, 0) is 11.8 Å². The molecule has 31 heavy (non-hydrogen) atoms. The third-order valence-corrected chi connectivity index (χ3v) is 7.09. The van der Waals surface area contributed by atoms with Gasteiger partial charge >= 0.3 is 0 Å². The lowest BCUT2D eigenvalue weighted by Crippen LogP contribution is -2.25. The van der Waals surface area contributed by atoms with E-state index in [0.717, 1.165) is 45.8 Å². The zero-order valence-corrected chi connectivity index (χ0v) is 19.0. The average Bonchev–Trinajstić information content (AvgIpc) is 3.44. The molecular formula is C26H31N3OS. The summed E-state index contributed by atoms with van der Waals surface area (Å²) in [5, 5.41) is 4.05. The van der Waals surface area contributed by atoms with Crippen molar-refractivity contribution in [1.29, 1.82) is 0 Å². The van der Waals surface area contributed by atoms with Crippen LogP contribution in [-0.4, -0.2) is 27.8 Å². The summed E-state index contributed by atoms with van der Waals surface area (Å²) in [5.41, 5.74) is 4.39. The molecule has 162 valence electrons. The fourth-order valence-corrected chi connectivity index (χ4v) is 5.21. The highest BCUT2D eigenvalue weighted by atomic mass is 32.2. The highest BCUT2D eigenvalue weighted by Gasteiger charge is 2.18. The number of benzene rings is 2. The van der Waals surface area contributed by atoms with Crippen molar-refractivity contribution in [2.45, 2.75) is 43.7 Å². The molecule has 1 heterocycles. The largest absolute Gasteiger partial charge is 0.355 e. The van der Waals surface area contributed by atoms with Gasteiger partial charge in [0, 0.05) is 36.9 Å². The summed E-state index contributed by atoms with van der Waals surface area (Å²) < 4.78 is 2.17. The molecule has 1 aliphatic rings. The molecule has 2 aromatic carbocycles. The number of hydrogen-bond donors (Lipinski definition) is 1. The van der Waals surface area contributed by atoms with Crippen molar-refractivity contribution in [2.75, 3.05) is 12.3 Å². The summed E-state index contributed by atoms with van der Waals surface area (Å²) in [6, 6.07) is 20.7. The summed E-state index contributed by atoms with van der Waals surface area (Å²) in [7, 11) is 2.07. The number of nitrogens with one attached hydrogen (secondary N) is 1. The van der Waals surface area contributed by atoms with Crippen molar-refractivity contribution in [3.63, 3.8) is 0 Å². The summed E-state index contributed by atoms with van der Waals surface area (Å²) in [6.45, 7) is 0.669. The highest BCUT2D eigenvalue weighted by molar-refractivity contribution is 7.99. The minimum atomic E-state index is 0.183. The number of hydrogen-bond acceptors (Lipinski definition) is 3. The molecule has 1 aromatic heterocycles. The Morgan fingerprint density at radius 1 is 1.03 bits per heavy atom. The molecule has 0 aliphatic heterocycles. The second-order valence-electron chi connectivity index (χ2n) is 8.27. The standard InChI is InChI=1S/C26H31N3OS/c1-29-25(22-14-6-3-7-15-22)24(21-12-4-2-5-13-21)28-26(29)31-19-18-27-23(30)17-16-20-10-8-9-11-20/h2-7,12-15,20H,8-11,16-19H2,1H3,(H,27,30). The molecule has 0 saturated heterocycles. The number of imidazole rings is 1. The molecule has 0 spiro atoms. The number of amides is 1. The molecular weight excluding hydrogens is 402 g/mol. The van der Waals surface area contributed by atoms with Crippen LogP contribution >= 0.6 is 11.8 Å². The van der Waals surface area contributed by atoms with Gasteiger partial charge in [0.25, 0.3) is 0 Å². The van der Waals surface area contributed by atoms with Crippen LogP contribution in [0.4, 0.5) is 0 Å². The van der Waals surface area contributed by atoms with Crippen LogP contribution in [0.3, 0.4) is 0 Å². The van der Waals surface area contributed by atoms with Gasteiger partial charge in [0.15, 0.2) is 5.16 Å². The number of nitrogens with zero attached hydrogens (tertiary/aromatic N) is 2. The first-order valence-electron chi connectivity index (χ1n) is 11.3. The van der Waals surface area contributed by atoms with E-state index in [1.165, 1.54) is 25.7 Å². The van der Waals surface area contributed by atoms with Crippen LogP contribution in [0, 0.1) is 5.92 Å². The van der Waals surface area contributed by atoms with Gasteiger partial charge < -0.3 is 9.88 Å². The molecule has 1 amide bonds. The number of carbonyl (C=O) groups is 1. The molecule has 0 atom stereocenters. The van der Waals surface area contributed by atoms with Crippen LogP contribution in [0.1, 0.15) is 38.5 Å². The lowest BCUT2D eigenvalue weighted by Gasteiger charge is -2.09. The van der Waals surface area contributed by atoms with E-state index in [0.29, 0.717) is 13.0 Å². The Kier molecular flexibility index (Phi) is 7.47. The van der Waals surface area contributed by atoms with Gasteiger partial charge in [-0.15, -0.1) is 0 Å². The van der Waals surface area contributed by atoms with E-state index in [2.05, 4.69) is 53.3 Å². The van der Waals surface area contributed by atoms with Gasteiger partial charge in [-0.2, -0.15) is 0 Å². The second-order valence-corrected chi connectivity index (χ2v) is 9.33. The van der Waals surface area contributed by atoms with Crippen molar-refractivity contribution in [1.82, 2.24) is 14.9 Å². The topological polar surface area (TPSA) is 46.9 Å². The summed E-state index contributed by atoms with van der Waals surface area (Å²) in [5.74, 6) is 1.76. The smallest absolute Gasteiger partial charge is 0.220 e. The number of aromatic nitrogens is 2. The Balaban J connectivity index is 1.39. The van der Waals surface area contributed by atoms with Gasteiger partial charge in [-0.05, 0) is 12.3 Å². The maximum atomic E-state index is 12.2. The van der Waals surface area contributed by atoms with Crippen molar-refractivity contribution >= 4 is 17.7 Å². The van der Waals surface area contributed by atoms with Crippen LogP contribution in [0.2, 0.25) is 0 Å². The van der Waals surface area contributed by atoms with Crippen LogP contribution < -0.4 is 5.32 Å². The normalized spacial score (nSPS) is 14.1. The molecule has 3 aromatic rings. The first-order valence-corrected chi connectivity index (χ1v) is 12.3. The van der Waals surface area contributed by atoms with E-state index in [1.54, 1.807) is 11.8 Å². The molecule has 1 aliphatic carbocycles. The zero-order valence-electron chi connectivity index (χ0n) is 18.2. The minimum absolute atomic E-state index is 0.183. The van der Waals surface area contributed by atoms with E-state index < -0.39 is 0 Å². The Hall–Kier alpha value is -2.53. The number of carbonyl (C=O) groups excluding carboxylic acids is 1. The van der Waals surface area contributed by atoms with E-state index in [9.17, 15) is 4.79 Å². The van der Waals surface area contributed by atoms with E-state index in [4.69, 9.17) is 4.98 Å². The molecule has 0 bridgehead atoms. The van der Waals surface area contributed by atoms with Crippen molar-refractivity contribution in [3.8, 4) is 22.5 Å². The Morgan fingerprint density at radius 2 is 1.68 bits per heavy atom. The average molecular weight is 434 g/mol. The van der Waals surface area contributed by atoms with Crippen molar-refractivity contribution in [3.05, 3.63) is 60.7 Å². The third kappa shape index (κ3) is 5.59. The Morgan fingerprint density at radius 3 is 2.35 bits per heavy atom. The van der Waals surface area contributed by atoms with E-state index in [1.807, 2.05) is 24.3 Å². The predicted octanol–water partition coefficient (Wildman–Crippen LogP) is 5.93. The fourth-order valence-electron chi connectivity index (χ4n) is 4.39. The fraction of sp³-hybridized carbons (Fsp3) is 0.385. The van der Waals surface area contributed by atoms with Gasteiger partial charge in [-0.3, -0.25) is 4.79 Å². The van der Waals surface area contributed by atoms with Gasteiger partial charge in [-0.25, -0.2) is 4.98 Å². The van der Waals surface area contributed by atoms with Crippen molar-refractivity contribution < 1.29 is 4.79 Å². The number of rotatable bonds is 9. The SMILES string of the molecule is Cn1c(SCCNC(=O)CCC2CCCC2)nc(-c2ccccc2)c1-c1ccccc1.